The molecule has 0 heterocycles. The summed E-state index contributed by atoms with van der Waals surface area (Å²) in [6.07, 6.45) is -2.50. The van der Waals surface area contributed by atoms with Crippen molar-refractivity contribution in [2.75, 3.05) is 18.5 Å². The number of benzene rings is 1. The molecule has 19 heavy (non-hydrogen) atoms. The minimum absolute atomic E-state index is 0.0263. The zero-order chi connectivity index (χ0) is 14.0. The van der Waals surface area contributed by atoms with Crippen LogP contribution in [0.25, 0.3) is 0 Å². The molecule has 0 radical (unpaired) electrons. The summed E-state index contributed by atoms with van der Waals surface area (Å²) in [5.41, 5.74) is 1.56. The van der Waals surface area contributed by atoms with Crippen molar-refractivity contribution >= 4 is 21.6 Å². The highest BCUT2D eigenvalue weighted by Gasteiger charge is 2.38. The third-order valence-electron chi connectivity index (χ3n) is 3.06. The van der Waals surface area contributed by atoms with Gasteiger partial charge in [-0.3, -0.25) is 0 Å². The van der Waals surface area contributed by atoms with Crippen LogP contribution in [-0.2, 0) is 6.54 Å². The van der Waals surface area contributed by atoms with Gasteiger partial charge in [-0.1, -0.05) is 15.9 Å². The Kier molecular flexibility index (Phi) is 4.40. The molecule has 0 aromatic heterocycles. The summed E-state index contributed by atoms with van der Waals surface area (Å²) in [7, 11) is 1.79. The van der Waals surface area contributed by atoms with E-state index in [1.54, 1.807) is 19.2 Å². The lowest BCUT2D eigenvalue weighted by Gasteiger charge is -2.28. The Labute approximate surface area is 119 Å². The van der Waals surface area contributed by atoms with Crippen molar-refractivity contribution in [3.63, 3.8) is 0 Å². The number of nitrogens with one attached hydrogen (secondary N) is 1. The number of halogens is 4. The normalized spacial score (nSPS) is 15.6. The first-order valence-corrected chi connectivity index (χ1v) is 6.96. The Bertz CT molecular complexity index is 444. The molecule has 1 aromatic carbocycles. The molecule has 6 heteroatoms. The van der Waals surface area contributed by atoms with Gasteiger partial charge >= 0.3 is 6.18 Å². The van der Waals surface area contributed by atoms with Crippen LogP contribution in [0.5, 0.6) is 0 Å². The van der Waals surface area contributed by atoms with Gasteiger partial charge in [-0.2, -0.15) is 13.2 Å². The molecule has 0 amide bonds. The maximum Gasteiger partial charge on any atom is 0.405 e. The molecule has 1 aliphatic rings. The number of hydrogen-bond donors (Lipinski definition) is 1. The van der Waals surface area contributed by atoms with E-state index in [0.717, 1.165) is 22.9 Å². The summed E-state index contributed by atoms with van der Waals surface area (Å²) in [6.45, 7) is -0.328. The van der Waals surface area contributed by atoms with E-state index in [9.17, 15) is 13.2 Å². The molecule has 1 aromatic rings. The Balaban J connectivity index is 2.30. The van der Waals surface area contributed by atoms with E-state index in [1.807, 2.05) is 6.07 Å². The molecule has 0 spiro atoms. The molecule has 1 fully saturated rings. The second kappa shape index (κ2) is 5.71. The van der Waals surface area contributed by atoms with E-state index in [-0.39, 0.29) is 6.04 Å². The lowest BCUT2D eigenvalue weighted by molar-refractivity contribution is -0.120. The number of anilines is 1. The molecule has 2 rings (SSSR count). The van der Waals surface area contributed by atoms with Crippen LogP contribution in [0, 0.1) is 0 Å². The van der Waals surface area contributed by atoms with Crippen molar-refractivity contribution in [1.82, 2.24) is 5.32 Å². The summed E-state index contributed by atoms with van der Waals surface area (Å²) >= 11 is 3.36. The molecule has 1 saturated carbocycles. The molecule has 0 unspecified atom stereocenters. The van der Waals surface area contributed by atoms with E-state index in [1.165, 1.54) is 4.90 Å². The van der Waals surface area contributed by atoms with Gasteiger partial charge in [0, 0.05) is 22.7 Å². The van der Waals surface area contributed by atoms with Gasteiger partial charge < -0.3 is 10.2 Å². The van der Waals surface area contributed by atoms with Crippen LogP contribution < -0.4 is 10.2 Å². The van der Waals surface area contributed by atoms with Crippen LogP contribution in [0.3, 0.4) is 0 Å². The first-order valence-electron chi connectivity index (χ1n) is 6.17. The molecule has 1 N–H and O–H groups in total. The topological polar surface area (TPSA) is 15.3 Å². The molecular formula is C13H16BrF3N2. The Morgan fingerprint density at radius 1 is 1.37 bits per heavy atom. The fourth-order valence-corrected chi connectivity index (χ4v) is 2.57. The number of alkyl halides is 3. The summed E-state index contributed by atoms with van der Waals surface area (Å²) in [4.78, 5) is 1.49. The average molecular weight is 337 g/mol. The van der Waals surface area contributed by atoms with Gasteiger partial charge in [-0.15, -0.1) is 0 Å². The fraction of sp³-hybridized carbons (Fsp3) is 0.538. The third kappa shape index (κ3) is 4.11. The zero-order valence-corrected chi connectivity index (χ0v) is 12.2. The van der Waals surface area contributed by atoms with Gasteiger partial charge in [0.2, 0.25) is 0 Å². The Morgan fingerprint density at radius 2 is 2.05 bits per heavy atom. The van der Waals surface area contributed by atoms with Crippen molar-refractivity contribution in [3.8, 4) is 0 Å². The number of hydrogen-bond acceptors (Lipinski definition) is 2. The molecule has 0 saturated heterocycles. The highest BCUT2D eigenvalue weighted by molar-refractivity contribution is 9.10. The zero-order valence-electron chi connectivity index (χ0n) is 10.6. The molecule has 2 nitrogen and oxygen atoms in total. The Hall–Kier alpha value is -0.750. The maximum absolute atomic E-state index is 12.7. The maximum atomic E-state index is 12.7. The van der Waals surface area contributed by atoms with E-state index in [0.29, 0.717) is 12.2 Å². The van der Waals surface area contributed by atoms with Crippen LogP contribution in [0.4, 0.5) is 18.9 Å². The van der Waals surface area contributed by atoms with Crippen LogP contribution in [-0.4, -0.2) is 25.8 Å². The number of nitrogens with zero attached hydrogens (tertiary/aromatic N) is 1. The highest BCUT2D eigenvalue weighted by atomic mass is 79.9. The quantitative estimate of drug-likeness (QED) is 0.881. The molecular weight excluding hydrogens is 321 g/mol. The van der Waals surface area contributed by atoms with Gasteiger partial charge in [0.25, 0.3) is 0 Å². The summed E-state index contributed by atoms with van der Waals surface area (Å²) < 4.78 is 39.0. The molecule has 1 aliphatic carbocycles. The highest BCUT2D eigenvalue weighted by Crippen LogP contribution is 2.36. The van der Waals surface area contributed by atoms with Gasteiger partial charge in [-0.05, 0) is 43.7 Å². The van der Waals surface area contributed by atoms with Crippen molar-refractivity contribution in [2.24, 2.45) is 0 Å². The first kappa shape index (κ1) is 14.7. The van der Waals surface area contributed by atoms with Crippen LogP contribution in [0.1, 0.15) is 18.4 Å². The van der Waals surface area contributed by atoms with Crippen LogP contribution in [0.2, 0.25) is 0 Å². The van der Waals surface area contributed by atoms with Crippen LogP contribution in [0.15, 0.2) is 22.7 Å². The van der Waals surface area contributed by atoms with Gasteiger partial charge in [0.1, 0.15) is 6.54 Å². The minimum atomic E-state index is -4.17. The van der Waals surface area contributed by atoms with E-state index in [2.05, 4.69) is 21.2 Å². The summed E-state index contributed by atoms with van der Waals surface area (Å²) in [5.74, 6) is 0. The monoisotopic (exact) mass is 336 g/mol. The minimum Gasteiger partial charge on any atom is -0.359 e. The molecule has 0 aliphatic heterocycles. The second-order valence-corrected chi connectivity index (χ2v) is 5.69. The predicted molar refractivity (Wildman–Crippen MR) is 73.3 cm³/mol. The number of rotatable bonds is 5. The fourth-order valence-electron chi connectivity index (χ4n) is 2.16. The molecule has 0 atom stereocenters. The predicted octanol–water partition coefficient (Wildman–Crippen LogP) is 3.70. The van der Waals surface area contributed by atoms with Crippen molar-refractivity contribution < 1.29 is 13.2 Å². The molecule has 0 bridgehead atoms. The van der Waals surface area contributed by atoms with E-state index < -0.39 is 12.7 Å². The van der Waals surface area contributed by atoms with Crippen molar-refractivity contribution in [2.45, 2.75) is 31.6 Å². The summed E-state index contributed by atoms with van der Waals surface area (Å²) in [5, 5.41) is 3.00. The second-order valence-electron chi connectivity index (χ2n) is 4.78. The lowest BCUT2D eigenvalue weighted by Crippen LogP contribution is -2.36. The van der Waals surface area contributed by atoms with Crippen molar-refractivity contribution in [3.05, 3.63) is 28.2 Å². The summed E-state index contributed by atoms with van der Waals surface area (Å²) in [6, 6.07) is 5.46. The Morgan fingerprint density at radius 3 is 2.58 bits per heavy atom. The standard InChI is InChI=1S/C13H16BrF3N2/c1-18-7-9-6-10(14)2-5-12(9)19(11-3-4-11)8-13(15,16)17/h2,5-6,11,18H,3-4,7-8H2,1H3. The van der Waals surface area contributed by atoms with Crippen molar-refractivity contribution in [1.29, 1.82) is 0 Å². The van der Waals surface area contributed by atoms with Crippen LogP contribution >= 0.6 is 15.9 Å². The van der Waals surface area contributed by atoms with Gasteiger partial charge in [0.15, 0.2) is 0 Å². The van der Waals surface area contributed by atoms with E-state index in [4.69, 9.17) is 0 Å². The SMILES string of the molecule is CNCc1cc(Br)ccc1N(CC(F)(F)F)C1CC1. The largest absolute Gasteiger partial charge is 0.405 e. The average Bonchev–Trinajstić information content (AvgIpc) is 3.09. The van der Waals surface area contributed by atoms with Gasteiger partial charge in [0.05, 0.1) is 0 Å². The third-order valence-corrected chi connectivity index (χ3v) is 3.55. The first-order chi connectivity index (χ1) is 8.90. The smallest absolute Gasteiger partial charge is 0.359 e. The van der Waals surface area contributed by atoms with E-state index >= 15 is 0 Å². The lowest BCUT2D eigenvalue weighted by atomic mass is 10.1. The molecule has 106 valence electrons. The van der Waals surface area contributed by atoms with Gasteiger partial charge in [-0.25, -0.2) is 0 Å².